The summed E-state index contributed by atoms with van der Waals surface area (Å²) in [6.45, 7) is 1.68. The molecule has 23 heavy (non-hydrogen) atoms. The molecular weight excluding hydrogens is 329 g/mol. The number of unbranched alkanes of at least 4 members (excludes halogenated alkanes) is 4. The summed E-state index contributed by atoms with van der Waals surface area (Å²) in [6, 6.07) is 0. The zero-order valence-electron chi connectivity index (χ0n) is 13.6. The molecule has 1 atom stereocenters. The number of ether oxygens (including phenoxy) is 1. The maximum absolute atomic E-state index is 11.3. The van der Waals surface area contributed by atoms with E-state index < -0.39 is 26.5 Å². The number of phosphoric ester groups is 1. The van der Waals surface area contributed by atoms with Crippen LogP contribution in [0.4, 0.5) is 0 Å². The number of carbonyl (C=O) groups is 1. The monoisotopic (exact) mass is 359 g/mol. The van der Waals surface area contributed by atoms with E-state index in [1.165, 1.54) is 0 Å². The van der Waals surface area contributed by atoms with Crippen molar-refractivity contribution in [1.29, 1.82) is 0 Å². The molecule has 10 heteroatoms. The summed E-state index contributed by atoms with van der Waals surface area (Å²) >= 11 is 0. The van der Waals surface area contributed by atoms with Gasteiger partial charge in [0, 0.05) is 13.0 Å². The highest BCUT2D eigenvalue weighted by Gasteiger charge is 2.17. The van der Waals surface area contributed by atoms with Gasteiger partial charge in [0.2, 0.25) is 0 Å². The van der Waals surface area contributed by atoms with Gasteiger partial charge in [-0.2, -0.15) is 0 Å². The second-order valence-electron chi connectivity index (χ2n) is 4.80. The molecule has 140 valence electrons. The lowest BCUT2D eigenvalue weighted by Gasteiger charge is -2.12. The Morgan fingerprint density at radius 3 is 2.22 bits per heavy atom. The highest BCUT2D eigenvalue weighted by Crippen LogP contribution is 2.35. The van der Waals surface area contributed by atoms with Gasteiger partial charge in [0.15, 0.2) is 0 Å². The Morgan fingerprint density at radius 1 is 1.17 bits per heavy atom. The number of aliphatic hydroxyl groups excluding tert-OH is 2. The van der Waals surface area contributed by atoms with Crippen molar-refractivity contribution in [3.8, 4) is 0 Å². The lowest BCUT2D eigenvalue weighted by molar-refractivity contribution is -0.147. The first kappa shape index (κ1) is 24.7. The topological polar surface area (TPSA) is 160 Å². The van der Waals surface area contributed by atoms with Gasteiger partial charge in [-0.3, -0.25) is 9.32 Å². The summed E-state index contributed by atoms with van der Waals surface area (Å²) in [7, 11) is -4.60. The second-order valence-corrected chi connectivity index (χ2v) is 6.04. The van der Waals surface area contributed by atoms with Crippen molar-refractivity contribution in [2.45, 2.75) is 51.6 Å². The van der Waals surface area contributed by atoms with Crippen LogP contribution in [0.5, 0.6) is 0 Å². The van der Waals surface area contributed by atoms with Crippen molar-refractivity contribution >= 4 is 13.8 Å². The molecule has 0 heterocycles. The number of phosphoric acid groups is 1. The number of nitrogens with two attached hydrogens (primary N) is 1. The minimum atomic E-state index is -4.60. The van der Waals surface area contributed by atoms with E-state index in [0.29, 0.717) is 6.54 Å². The molecule has 0 aromatic rings. The molecule has 0 saturated carbocycles. The molecule has 0 fully saturated rings. The third kappa shape index (κ3) is 23.8. The van der Waals surface area contributed by atoms with Gasteiger partial charge >= 0.3 is 13.8 Å². The third-order valence-electron chi connectivity index (χ3n) is 2.49. The highest BCUT2D eigenvalue weighted by molar-refractivity contribution is 7.46. The van der Waals surface area contributed by atoms with Crippen LogP contribution in [0.3, 0.4) is 0 Å². The summed E-state index contributed by atoms with van der Waals surface area (Å²) in [5.41, 5.74) is 4.78. The molecular formula is C13H30NO8P. The van der Waals surface area contributed by atoms with Crippen molar-refractivity contribution in [2.24, 2.45) is 5.73 Å². The van der Waals surface area contributed by atoms with Crippen molar-refractivity contribution in [2.75, 3.05) is 26.4 Å². The maximum Gasteiger partial charge on any atom is 0.469 e. The number of rotatable bonds is 12. The van der Waals surface area contributed by atoms with E-state index in [2.05, 4.69) is 11.4 Å². The summed E-state index contributed by atoms with van der Waals surface area (Å²) in [5.74, 6) is -0.424. The van der Waals surface area contributed by atoms with Crippen LogP contribution < -0.4 is 5.73 Å². The number of aliphatic hydroxyl groups is 2. The van der Waals surface area contributed by atoms with E-state index in [-0.39, 0.29) is 19.6 Å². The third-order valence-corrected chi connectivity index (χ3v) is 2.97. The van der Waals surface area contributed by atoms with Crippen LogP contribution in [0.25, 0.3) is 0 Å². The molecule has 0 amide bonds. The molecule has 0 aliphatic heterocycles. The smallest absolute Gasteiger partial charge is 0.463 e. The molecule has 6 N–H and O–H groups in total. The van der Waals surface area contributed by atoms with Crippen LogP contribution in [-0.4, -0.2) is 58.4 Å². The Bertz CT molecular complexity index is 321. The summed E-state index contributed by atoms with van der Waals surface area (Å²) in [6.07, 6.45) is 4.12. The fourth-order valence-corrected chi connectivity index (χ4v) is 1.73. The van der Waals surface area contributed by atoms with Crippen molar-refractivity contribution in [3.63, 3.8) is 0 Å². The Kier molecular flexibility index (Phi) is 17.5. The molecule has 0 spiro atoms. The Morgan fingerprint density at radius 2 is 1.74 bits per heavy atom. The van der Waals surface area contributed by atoms with Gasteiger partial charge in [-0.1, -0.05) is 32.6 Å². The average molecular weight is 359 g/mol. The quantitative estimate of drug-likeness (QED) is 0.187. The molecule has 0 aromatic heterocycles. The fourth-order valence-electron chi connectivity index (χ4n) is 1.37. The van der Waals surface area contributed by atoms with Crippen LogP contribution in [0.1, 0.15) is 45.4 Å². The minimum absolute atomic E-state index is 0.0972. The molecule has 0 bridgehead atoms. The van der Waals surface area contributed by atoms with Gasteiger partial charge in [0.1, 0.15) is 12.7 Å². The van der Waals surface area contributed by atoms with E-state index >= 15 is 0 Å². The highest BCUT2D eigenvalue weighted by atomic mass is 31.2. The van der Waals surface area contributed by atoms with E-state index in [1.807, 2.05) is 0 Å². The number of hydrogen-bond donors (Lipinski definition) is 5. The van der Waals surface area contributed by atoms with Crippen LogP contribution in [0, 0.1) is 0 Å². The van der Waals surface area contributed by atoms with Gasteiger partial charge in [-0.15, -0.1) is 0 Å². The summed E-state index contributed by atoms with van der Waals surface area (Å²) in [5, 5.41) is 17.0. The Balaban J connectivity index is 0. The zero-order chi connectivity index (χ0) is 18.1. The average Bonchev–Trinajstić information content (AvgIpc) is 2.50. The van der Waals surface area contributed by atoms with Crippen LogP contribution >= 0.6 is 7.82 Å². The summed E-state index contributed by atoms with van der Waals surface area (Å²) < 4.78 is 19.2. The van der Waals surface area contributed by atoms with E-state index in [9.17, 15) is 14.5 Å². The molecule has 0 aromatic carbocycles. The predicted octanol–water partition coefficient (Wildman–Crippen LogP) is 0.298. The fraction of sp³-hybridized carbons (Fsp3) is 0.923. The van der Waals surface area contributed by atoms with Crippen LogP contribution in [-0.2, 0) is 18.6 Å². The number of carbonyl (C=O) groups excluding carboxylic acids is 1. The molecule has 9 nitrogen and oxygen atoms in total. The Labute approximate surface area is 137 Å². The van der Waals surface area contributed by atoms with Gasteiger partial charge in [0.05, 0.1) is 13.2 Å². The minimum Gasteiger partial charge on any atom is -0.463 e. The lowest BCUT2D eigenvalue weighted by Crippen LogP contribution is -2.23. The van der Waals surface area contributed by atoms with Gasteiger partial charge in [0.25, 0.3) is 0 Å². The summed E-state index contributed by atoms with van der Waals surface area (Å²) in [4.78, 5) is 28.1. The van der Waals surface area contributed by atoms with Gasteiger partial charge < -0.3 is 30.5 Å². The van der Waals surface area contributed by atoms with Gasteiger partial charge in [-0.05, 0) is 6.42 Å². The molecule has 0 aliphatic carbocycles. The molecule has 0 saturated heterocycles. The standard InChI is InChI=1S/C11H23O7P.C2H7NO/c1-2-3-4-5-6-7-11(13)17-8-10(12)9-18-19(14,15)16;3-1-2-4/h10,12H,2-9H2,1H3,(H2,14,15,16);4H,1-3H2. The van der Waals surface area contributed by atoms with E-state index in [1.54, 1.807) is 0 Å². The number of hydrogen-bond acceptors (Lipinski definition) is 7. The SMILES string of the molecule is CCCCCCCC(=O)OCC(O)COP(=O)(O)O.NCCO. The molecule has 1 unspecified atom stereocenters. The largest absolute Gasteiger partial charge is 0.469 e. The van der Waals surface area contributed by atoms with Crippen LogP contribution in [0.15, 0.2) is 0 Å². The molecule has 0 rings (SSSR count). The van der Waals surface area contributed by atoms with Crippen LogP contribution in [0.2, 0.25) is 0 Å². The van der Waals surface area contributed by atoms with E-state index in [0.717, 1.165) is 32.1 Å². The molecule has 0 aliphatic rings. The second kappa shape index (κ2) is 16.3. The number of esters is 1. The first-order valence-electron chi connectivity index (χ1n) is 7.61. The lowest BCUT2D eigenvalue weighted by atomic mass is 10.1. The van der Waals surface area contributed by atoms with Gasteiger partial charge in [-0.25, -0.2) is 4.57 Å². The van der Waals surface area contributed by atoms with E-state index in [4.69, 9.17) is 25.4 Å². The predicted molar refractivity (Wildman–Crippen MR) is 84.5 cm³/mol. The first-order valence-corrected chi connectivity index (χ1v) is 9.14. The van der Waals surface area contributed by atoms with Crippen molar-refractivity contribution in [3.05, 3.63) is 0 Å². The maximum atomic E-state index is 11.3. The normalized spacial score (nSPS) is 12.3. The molecule has 0 radical (unpaired) electrons. The Hall–Kier alpha value is -0.540. The van der Waals surface area contributed by atoms with Crippen molar-refractivity contribution in [1.82, 2.24) is 0 Å². The van der Waals surface area contributed by atoms with Crippen molar-refractivity contribution < 1.29 is 38.6 Å². The zero-order valence-corrected chi connectivity index (χ0v) is 14.5. The first-order chi connectivity index (χ1) is 10.8.